The number of ether oxygens (including phenoxy) is 2. The smallest absolute Gasteiger partial charge is 0.161 e. The van der Waals surface area contributed by atoms with Crippen molar-refractivity contribution in [2.24, 2.45) is 7.05 Å². The van der Waals surface area contributed by atoms with E-state index in [1.54, 1.807) is 14.2 Å². The van der Waals surface area contributed by atoms with Crippen molar-refractivity contribution in [3.63, 3.8) is 0 Å². The molecule has 0 unspecified atom stereocenters. The Morgan fingerprint density at radius 1 is 1.08 bits per heavy atom. The molecule has 0 fully saturated rings. The minimum absolute atomic E-state index is 0.576. The molecule has 0 aliphatic carbocycles. The first-order valence-electron chi connectivity index (χ1n) is 7.56. The summed E-state index contributed by atoms with van der Waals surface area (Å²) >= 11 is 0. The fraction of sp³-hybridized carbons (Fsp3) is 0.150. The molecule has 1 heterocycles. The van der Waals surface area contributed by atoms with Crippen LogP contribution in [0, 0.1) is 11.3 Å². The van der Waals surface area contributed by atoms with Crippen LogP contribution in [-0.4, -0.2) is 18.8 Å². The fourth-order valence-electron chi connectivity index (χ4n) is 2.83. The zero-order chi connectivity index (χ0) is 17.1. The Morgan fingerprint density at radius 3 is 2.54 bits per heavy atom. The van der Waals surface area contributed by atoms with Crippen LogP contribution in [0.25, 0.3) is 22.6 Å². The highest BCUT2D eigenvalue weighted by Gasteiger charge is 2.10. The van der Waals surface area contributed by atoms with Gasteiger partial charge in [0.25, 0.3) is 0 Å². The minimum atomic E-state index is 0.576. The summed E-state index contributed by atoms with van der Waals surface area (Å²) in [7, 11) is 5.18. The first kappa shape index (κ1) is 15.7. The molecule has 0 saturated heterocycles. The number of nitrogens with zero attached hydrogens (tertiary/aromatic N) is 2. The zero-order valence-corrected chi connectivity index (χ0v) is 13.9. The normalized spacial score (nSPS) is 11.3. The van der Waals surface area contributed by atoms with E-state index < -0.39 is 0 Å². The SMILES string of the molecule is COc1ccc(/C(C#N)=C/c2cn(C)c3ccccc23)cc1OC. The lowest BCUT2D eigenvalue weighted by atomic mass is 10.0. The molecule has 0 radical (unpaired) electrons. The van der Waals surface area contributed by atoms with Gasteiger partial charge in [0.2, 0.25) is 0 Å². The van der Waals surface area contributed by atoms with Crippen molar-refractivity contribution in [1.29, 1.82) is 5.26 Å². The molecule has 0 spiro atoms. The van der Waals surface area contributed by atoms with E-state index in [2.05, 4.69) is 22.8 Å². The maximum atomic E-state index is 9.61. The molecule has 4 nitrogen and oxygen atoms in total. The first-order chi connectivity index (χ1) is 11.7. The molecule has 1 aromatic heterocycles. The van der Waals surface area contributed by atoms with E-state index >= 15 is 0 Å². The average molecular weight is 318 g/mol. The van der Waals surface area contributed by atoms with Crippen LogP contribution in [0.3, 0.4) is 0 Å². The minimum Gasteiger partial charge on any atom is -0.493 e. The summed E-state index contributed by atoms with van der Waals surface area (Å²) in [5, 5.41) is 10.7. The highest BCUT2D eigenvalue weighted by atomic mass is 16.5. The van der Waals surface area contributed by atoms with Crippen LogP contribution in [0.15, 0.2) is 48.7 Å². The summed E-state index contributed by atoms with van der Waals surface area (Å²) in [4.78, 5) is 0. The van der Waals surface area contributed by atoms with Gasteiger partial charge < -0.3 is 14.0 Å². The maximum Gasteiger partial charge on any atom is 0.161 e. The number of aromatic nitrogens is 1. The Hall–Kier alpha value is -3.19. The molecular weight excluding hydrogens is 300 g/mol. The average Bonchev–Trinajstić information content (AvgIpc) is 2.95. The number of fused-ring (bicyclic) bond motifs is 1. The van der Waals surface area contributed by atoms with Crippen LogP contribution in [0.1, 0.15) is 11.1 Å². The Labute approximate surface area is 141 Å². The van der Waals surface area contributed by atoms with Crippen LogP contribution >= 0.6 is 0 Å². The summed E-state index contributed by atoms with van der Waals surface area (Å²) in [6, 6.07) is 15.9. The molecule has 4 heteroatoms. The molecule has 0 aliphatic rings. The molecule has 3 aromatic rings. The lowest BCUT2D eigenvalue weighted by Crippen LogP contribution is -1.92. The van der Waals surface area contributed by atoms with E-state index in [0.29, 0.717) is 17.1 Å². The number of benzene rings is 2. The Kier molecular flexibility index (Phi) is 4.26. The van der Waals surface area contributed by atoms with E-state index in [9.17, 15) is 5.26 Å². The predicted octanol–water partition coefficient (Wildman–Crippen LogP) is 4.26. The molecule has 0 N–H and O–H groups in total. The molecule has 120 valence electrons. The number of hydrogen-bond acceptors (Lipinski definition) is 3. The van der Waals surface area contributed by atoms with Crippen molar-refractivity contribution < 1.29 is 9.47 Å². The van der Waals surface area contributed by atoms with Gasteiger partial charge in [-0.2, -0.15) is 5.26 Å². The Balaban J connectivity index is 2.11. The van der Waals surface area contributed by atoms with Crippen LogP contribution in [0.4, 0.5) is 0 Å². The Bertz CT molecular complexity index is 961. The molecule has 0 bridgehead atoms. The second-order valence-electron chi connectivity index (χ2n) is 5.45. The third-order valence-corrected chi connectivity index (χ3v) is 4.04. The molecule has 3 rings (SSSR count). The number of para-hydroxylation sites is 1. The van der Waals surface area contributed by atoms with Gasteiger partial charge in [0.15, 0.2) is 11.5 Å². The highest BCUT2D eigenvalue weighted by molar-refractivity contribution is 5.98. The number of hydrogen-bond donors (Lipinski definition) is 0. The fourth-order valence-corrected chi connectivity index (χ4v) is 2.83. The summed E-state index contributed by atoms with van der Waals surface area (Å²) in [5.41, 5.74) is 3.52. The molecule has 0 saturated carbocycles. The van der Waals surface area contributed by atoms with Crippen LogP contribution in [-0.2, 0) is 7.05 Å². The largest absolute Gasteiger partial charge is 0.493 e. The monoisotopic (exact) mass is 318 g/mol. The van der Waals surface area contributed by atoms with Gasteiger partial charge in [0.1, 0.15) is 0 Å². The topological polar surface area (TPSA) is 47.2 Å². The van der Waals surface area contributed by atoms with Gasteiger partial charge in [0, 0.05) is 29.7 Å². The van der Waals surface area contributed by atoms with Crippen molar-refractivity contribution in [1.82, 2.24) is 4.57 Å². The van der Waals surface area contributed by atoms with Gasteiger partial charge in [-0.05, 0) is 35.9 Å². The number of methoxy groups -OCH3 is 2. The van der Waals surface area contributed by atoms with Gasteiger partial charge >= 0.3 is 0 Å². The number of rotatable bonds is 4. The van der Waals surface area contributed by atoms with Gasteiger partial charge in [0.05, 0.1) is 25.9 Å². The van der Waals surface area contributed by atoms with Gasteiger partial charge in [-0.25, -0.2) is 0 Å². The standard InChI is InChI=1S/C20H18N2O2/c1-22-13-16(17-6-4-5-7-18(17)22)10-15(12-21)14-8-9-19(23-2)20(11-14)24-3/h4-11,13H,1-3H3/b15-10+. The van der Waals surface area contributed by atoms with Crippen molar-refractivity contribution in [2.75, 3.05) is 14.2 Å². The van der Waals surface area contributed by atoms with Crippen LogP contribution < -0.4 is 9.47 Å². The van der Waals surface area contributed by atoms with Gasteiger partial charge in [-0.15, -0.1) is 0 Å². The lowest BCUT2D eigenvalue weighted by Gasteiger charge is -2.09. The molecule has 2 aromatic carbocycles. The summed E-state index contributed by atoms with van der Waals surface area (Å²) < 4.78 is 12.6. The zero-order valence-electron chi connectivity index (χ0n) is 13.9. The van der Waals surface area contributed by atoms with Crippen LogP contribution in [0.5, 0.6) is 11.5 Å². The lowest BCUT2D eigenvalue weighted by molar-refractivity contribution is 0.355. The summed E-state index contributed by atoms with van der Waals surface area (Å²) in [5.74, 6) is 1.25. The van der Waals surface area contributed by atoms with Crippen molar-refractivity contribution in [3.8, 4) is 17.6 Å². The van der Waals surface area contributed by atoms with E-state index in [-0.39, 0.29) is 0 Å². The molecule has 0 aliphatic heterocycles. The predicted molar refractivity (Wildman–Crippen MR) is 95.9 cm³/mol. The van der Waals surface area contributed by atoms with Gasteiger partial charge in [-0.3, -0.25) is 0 Å². The second kappa shape index (κ2) is 6.51. The quantitative estimate of drug-likeness (QED) is 0.675. The van der Waals surface area contributed by atoms with E-state index in [0.717, 1.165) is 22.0 Å². The van der Waals surface area contributed by atoms with Crippen LogP contribution in [0.2, 0.25) is 0 Å². The highest BCUT2D eigenvalue weighted by Crippen LogP contribution is 2.32. The van der Waals surface area contributed by atoms with Crippen molar-refractivity contribution in [3.05, 3.63) is 59.8 Å². The van der Waals surface area contributed by atoms with E-state index in [1.807, 2.05) is 49.7 Å². The summed E-state index contributed by atoms with van der Waals surface area (Å²) in [6.45, 7) is 0. The van der Waals surface area contributed by atoms with Gasteiger partial charge in [-0.1, -0.05) is 18.2 Å². The second-order valence-corrected chi connectivity index (χ2v) is 5.45. The summed E-state index contributed by atoms with van der Waals surface area (Å²) in [6.07, 6.45) is 3.94. The molecule has 24 heavy (non-hydrogen) atoms. The molecule has 0 amide bonds. The van der Waals surface area contributed by atoms with Crippen molar-refractivity contribution in [2.45, 2.75) is 0 Å². The third kappa shape index (κ3) is 2.72. The van der Waals surface area contributed by atoms with E-state index in [1.165, 1.54) is 0 Å². The molecular formula is C20H18N2O2. The number of aryl methyl sites for hydroxylation is 1. The molecule has 0 atom stereocenters. The Morgan fingerprint density at radius 2 is 1.83 bits per heavy atom. The maximum absolute atomic E-state index is 9.61. The third-order valence-electron chi connectivity index (χ3n) is 4.04. The number of nitriles is 1. The van der Waals surface area contributed by atoms with Crippen molar-refractivity contribution >= 4 is 22.6 Å². The van der Waals surface area contributed by atoms with E-state index in [4.69, 9.17) is 9.47 Å². The first-order valence-corrected chi connectivity index (χ1v) is 7.56. The number of allylic oxidation sites excluding steroid dienone is 1.